The minimum Gasteiger partial charge on any atom is -0.382 e. The lowest BCUT2D eigenvalue weighted by Crippen LogP contribution is -2.42. The van der Waals surface area contributed by atoms with Gasteiger partial charge in [-0.2, -0.15) is 13.2 Å². The fourth-order valence-corrected chi connectivity index (χ4v) is 1.94. The Morgan fingerprint density at radius 2 is 2.05 bits per heavy atom. The molecule has 1 rings (SSSR count). The number of benzene rings is 1. The third kappa shape index (κ3) is 6.09. The number of amides is 1. The maximum atomic E-state index is 12.2. The first kappa shape index (κ1) is 18.0. The summed E-state index contributed by atoms with van der Waals surface area (Å²) in [6.45, 7) is -1.03. The lowest BCUT2D eigenvalue weighted by molar-refractivity contribution is -0.207. The van der Waals surface area contributed by atoms with E-state index >= 15 is 0 Å². The number of rotatable bonds is 5. The van der Waals surface area contributed by atoms with Gasteiger partial charge in [0.25, 0.3) is 0 Å². The average Bonchev–Trinajstić information content (AvgIpc) is 2.31. The Labute approximate surface area is 129 Å². The zero-order valence-electron chi connectivity index (χ0n) is 10.9. The summed E-state index contributed by atoms with van der Waals surface area (Å²) in [5.41, 5.74) is 0.302. The Morgan fingerprint density at radius 1 is 1.43 bits per heavy atom. The highest BCUT2D eigenvalue weighted by Crippen LogP contribution is 2.25. The van der Waals surface area contributed by atoms with E-state index in [0.717, 1.165) is 4.90 Å². The summed E-state index contributed by atoms with van der Waals surface area (Å²) in [4.78, 5) is 12.7. The number of alkyl halides is 3. The molecule has 0 aliphatic heterocycles. The van der Waals surface area contributed by atoms with E-state index in [4.69, 9.17) is 28.3 Å². The number of hydrogen-bond acceptors (Lipinski definition) is 3. The number of nitrogens with one attached hydrogen (secondary N) is 1. The summed E-state index contributed by atoms with van der Waals surface area (Å²) in [5.74, 6) is -0.559. The largest absolute Gasteiger partial charge is 0.415 e. The molecule has 0 aromatic heterocycles. The third-order valence-electron chi connectivity index (χ3n) is 2.48. The number of anilines is 1. The van der Waals surface area contributed by atoms with Gasteiger partial charge in [0.1, 0.15) is 0 Å². The quantitative estimate of drug-likeness (QED) is 0.863. The second kappa shape index (κ2) is 7.31. The fourth-order valence-electron chi connectivity index (χ4n) is 1.49. The van der Waals surface area contributed by atoms with Crippen LogP contribution in [0.15, 0.2) is 18.2 Å². The molecule has 0 saturated heterocycles. The van der Waals surface area contributed by atoms with Crippen molar-refractivity contribution in [2.75, 3.05) is 25.5 Å². The van der Waals surface area contributed by atoms with E-state index in [-0.39, 0.29) is 11.6 Å². The predicted octanol–water partition coefficient (Wildman–Crippen LogP) is 2.79. The van der Waals surface area contributed by atoms with E-state index in [1.54, 1.807) is 0 Å². The van der Waals surface area contributed by atoms with Crippen molar-refractivity contribution in [2.24, 2.45) is 0 Å². The molecule has 0 saturated carbocycles. The monoisotopic (exact) mass is 344 g/mol. The van der Waals surface area contributed by atoms with Gasteiger partial charge in [-0.1, -0.05) is 23.2 Å². The Kier molecular flexibility index (Phi) is 6.27. The highest BCUT2D eigenvalue weighted by Gasteiger charge is 2.38. The molecule has 1 aromatic carbocycles. The first-order chi connectivity index (χ1) is 9.59. The highest BCUT2D eigenvalue weighted by molar-refractivity contribution is 6.36. The normalized spacial score (nSPS) is 13.3. The Balaban J connectivity index is 2.53. The summed E-state index contributed by atoms with van der Waals surface area (Å²) in [5, 5.41) is 12.0. The van der Waals surface area contributed by atoms with Gasteiger partial charge in [-0.3, -0.25) is 9.69 Å². The van der Waals surface area contributed by atoms with Crippen LogP contribution in [0.25, 0.3) is 0 Å². The molecule has 0 aliphatic rings. The molecule has 0 spiro atoms. The van der Waals surface area contributed by atoms with Crippen LogP contribution in [0.1, 0.15) is 0 Å². The number of aliphatic hydroxyl groups excluding tert-OH is 1. The van der Waals surface area contributed by atoms with Crippen LogP contribution in [-0.4, -0.2) is 48.3 Å². The fraction of sp³-hybridized carbons (Fsp3) is 0.417. The summed E-state index contributed by atoms with van der Waals surface area (Å²) in [6.07, 6.45) is -7.22. The van der Waals surface area contributed by atoms with Crippen molar-refractivity contribution in [2.45, 2.75) is 12.3 Å². The summed E-state index contributed by atoms with van der Waals surface area (Å²) in [6, 6.07) is 4.42. The number of halogens is 5. The van der Waals surface area contributed by atoms with Crippen molar-refractivity contribution >= 4 is 34.8 Å². The average molecular weight is 345 g/mol. The van der Waals surface area contributed by atoms with Gasteiger partial charge in [-0.25, -0.2) is 0 Å². The molecule has 21 heavy (non-hydrogen) atoms. The minimum absolute atomic E-state index is 0.217. The molecule has 1 amide bonds. The Hall–Kier alpha value is -1.02. The van der Waals surface area contributed by atoms with Crippen LogP contribution in [0.2, 0.25) is 10.0 Å². The van der Waals surface area contributed by atoms with Crippen LogP contribution in [0.5, 0.6) is 0 Å². The first-order valence-electron chi connectivity index (χ1n) is 5.78. The summed E-state index contributed by atoms with van der Waals surface area (Å²) >= 11 is 11.6. The zero-order chi connectivity index (χ0) is 16.2. The van der Waals surface area contributed by atoms with E-state index in [2.05, 4.69) is 5.32 Å². The topological polar surface area (TPSA) is 52.6 Å². The standard InChI is InChI=1S/C12H13Cl2F3N2O2/c1-19(5-10(20)12(15,16)17)6-11(21)18-9-3-2-7(13)4-8(9)14/h2-4,10,20H,5-6H2,1H3,(H,18,21). The molecule has 118 valence electrons. The van der Waals surface area contributed by atoms with Crippen molar-refractivity contribution in [3.8, 4) is 0 Å². The predicted molar refractivity (Wildman–Crippen MR) is 74.7 cm³/mol. The van der Waals surface area contributed by atoms with Gasteiger partial charge in [-0.05, 0) is 25.2 Å². The summed E-state index contributed by atoms with van der Waals surface area (Å²) < 4.78 is 36.5. The second-order valence-corrected chi connectivity index (χ2v) is 5.27. The van der Waals surface area contributed by atoms with E-state index in [9.17, 15) is 18.0 Å². The van der Waals surface area contributed by atoms with Crippen molar-refractivity contribution < 1.29 is 23.1 Å². The van der Waals surface area contributed by atoms with Gasteiger partial charge in [0.05, 0.1) is 17.3 Å². The van der Waals surface area contributed by atoms with Gasteiger partial charge < -0.3 is 10.4 Å². The zero-order valence-corrected chi connectivity index (χ0v) is 12.4. The lowest BCUT2D eigenvalue weighted by atomic mass is 10.3. The minimum atomic E-state index is -4.72. The number of aliphatic hydroxyl groups is 1. The third-order valence-corrected chi connectivity index (χ3v) is 3.03. The van der Waals surface area contributed by atoms with E-state index < -0.39 is 24.7 Å². The molecule has 0 aliphatic carbocycles. The van der Waals surface area contributed by atoms with E-state index in [0.29, 0.717) is 10.7 Å². The van der Waals surface area contributed by atoms with Crippen molar-refractivity contribution in [1.82, 2.24) is 4.90 Å². The highest BCUT2D eigenvalue weighted by atomic mass is 35.5. The first-order valence-corrected chi connectivity index (χ1v) is 6.53. The number of nitrogens with zero attached hydrogens (tertiary/aromatic N) is 1. The second-order valence-electron chi connectivity index (χ2n) is 4.43. The molecule has 1 atom stereocenters. The van der Waals surface area contributed by atoms with Gasteiger partial charge >= 0.3 is 6.18 Å². The van der Waals surface area contributed by atoms with Crippen LogP contribution in [0.3, 0.4) is 0 Å². The Morgan fingerprint density at radius 3 is 2.57 bits per heavy atom. The number of likely N-dealkylation sites (N-methyl/N-ethyl adjacent to an activating group) is 1. The van der Waals surface area contributed by atoms with Gasteiger partial charge in [-0.15, -0.1) is 0 Å². The molecule has 0 heterocycles. The molecule has 4 nitrogen and oxygen atoms in total. The number of hydrogen-bond donors (Lipinski definition) is 2. The van der Waals surface area contributed by atoms with E-state index in [1.807, 2.05) is 0 Å². The van der Waals surface area contributed by atoms with Gasteiger partial charge in [0.2, 0.25) is 5.91 Å². The molecule has 2 N–H and O–H groups in total. The van der Waals surface area contributed by atoms with Gasteiger partial charge in [0, 0.05) is 11.6 Å². The number of carbonyl (C=O) groups excluding carboxylic acids is 1. The van der Waals surface area contributed by atoms with Crippen LogP contribution < -0.4 is 5.32 Å². The van der Waals surface area contributed by atoms with Gasteiger partial charge in [0.15, 0.2) is 6.10 Å². The molecular formula is C12H13Cl2F3N2O2. The van der Waals surface area contributed by atoms with Crippen molar-refractivity contribution in [3.63, 3.8) is 0 Å². The molecule has 0 radical (unpaired) electrons. The molecule has 1 aromatic rings. The van der Waals surface area contributed by atoms with Crippen molar-refractivity contribution in [1.29, 1.82) is 0 Å². The molecule has 1 unspecified atom stereocenters. The van der Waals surface area contributed by atoms with Crippen LogP contribution in [-0.2, 0) is 4.79 Å². The van der Waals surface area contributed by atoms with Crippen molar-refractivity contribution in [3.05, 3.63) is 28.2 Å². The Bertz CT molecular complexity index is 512. The van der Waals surface area contributed by atoms with Crippen LogP contribution in [0, 0.1) is 0 Å². The SMILES string of the molecule is CN(CC(=O)Nc1ccc(Cl)cc1Cl)CC(O)C(F)(F)F. The van der Waals surface area contributed by atoms with E-state index in [1.165, 1.54) is 25.2 Å². The molecule has 9 heteroatoms. The maximum absolute atomic E-state index is 12.2. The number of carbonyl (C=O) groups is 1. The smallest absolute Gasteiger partial charge is 0.382 e. The molecule has 0 bridgehead atoms. The molecule has 0 fully saturated rings. The van der Waals surface area contributed by atoms with Crippen LogP contribution in [0.4, 0.5) is 18.9 Å². The molecular weight excluding hydrogens is 332 g/mol. The summed E-state index contributed by atoms with van der Waals surface area (Å²) in [7, 11) is 1.29. The maximum Gasteiger partial charge on any atom is 0.415 e. The lowest BCUT2D eigenvalue weighted by Gasteiger charge is -2.21. The van der Waals surface area contributed by atoms with Crippen LogP contribution >= 0.6 is 23.2 Å².